The zero-order chi connectivity index (χ0) is 17.9. The fraction of sp³-hybridized carbons (Fsp3) is 0.400. The molecule has 0 bridgehead atoms. The second-order valence-corrected chi connectivity index (χ2v) is 6.94. The second-order valence-electron chi connectivity index (χ2n) is 6.94. The summed E-state index contributed by atoms with van der Waals surface area (Å²) in [4.78, 5) is 35.0. The van der Waals surface area contributed by atoms with Gasteiger partial charge in [-0.3, -0.25) is 9.59 Å². The SMILES string of the molecule is O=C(NCCc1nccc(-c2ccccc2)n1)[C@H]1CC(=O)N(C2CC2)C1. The highest BCUT2D eigenvalue weighted by atomic mass is 16.2. The molecule has 1 aromatic carbocycles. The van der Waals surface area contributed by atoms with Gasteiger partial charge in [0.1, 0.15) is 5.82 Å². The molecule has 1 saturated carbocycles. The number of nitrogens with zero attached hydrogens (tertiary/aromatic N) is 3. The molecule has 2 aromatic rings. The maximum Gasteiger partial charge on any atom is 0.225 e. The molecule has 1 aliphatic heterocycles. The van der Waals surface area contributed by atoms with Gasteiger partial charge in [-0.1, -0.05) is 30.3 Å². The first-order chi connectivity index (χ1) is 12.7. The minimum atomic E-state index is -0.223. The first kappa shape index (κ1) is 16.7. The van der Waals surface area contributed by atoms with Crippen LogP contribution in [0.25, 0.3) is 11.3 Å². The van der Waals surface area contributed by atoms with Gasteiger partial charge in [0.05, 0.1) is 11.6 Å². The molecule has 26 heavy (non-hydrogen) atoms. The van der Waals surface area contributed by atoms with Gasteiger partial charge >= 0.3 is 0 Å². The lowest BCUT2D eigenvalue weighted by Gasteiger charge is -2.15. The van der Waals surface area contributed by atoms with Gasteiger partial charge in [-0.15, -0.1) is 0 Å². The summed E-state index contributed by atoms with van der Waals surface area (Å²) in [6, 6.07) is 12.2. The Morgan fingerprint density at radius 2 is 2.00 bits per heavy atom. The topological polar surface area (TPSA) is 75.2 Å². The van der Waals surface area contributed by atoms with Crippen molar-refractivity contribution in [3.63, 3.8) is 0 Å². The molecule has 1 saturated heterocycles. The first-order valence-corrected chi connectivity index (χ1v) is 9.15. The monoisotopic (exact) mass is 350 g/mol. The van der Waals surface area contributed by atoms with E-state index in [4.69, 9.17) is 0 Å². The van der Waals surface area contributed by atoms with Crippen LogP contribution in [0.2, 0.25) is 0 Å². The van der Waals surface area contributed by atoms with Gasteiger partial charge in [0.15, 0.2) is 0 Å². The molecule has 1 aromatic heterocycles. The van der Waals surface area contributed by atoms with Crippen LogP contribution in [-0.2, 0) is 16.0 Å². The first-order valence-electron chi connectivity index (χ1n) is 9.15. The van der Waals surface area contributed by atoms with E-state index in [1.165, 1.54) is 0 Å². The molecular formula is C20H22N4O2. The third-order valence-electron chi connectivity index (χ3n) is 4.94. The Labute approximate surface area is 152 Å². The number of aromatic nitrogens is 2. The van der Waals surface area contributed by atoms with Crippen molar-refractivity contribution in [1.82, 2.24) is 20.2 Å². The van der Waals surface area contributed by atoms with Crippen molar-refractivity contribution < 1.29 is 9.59 Å². The number of rotatable bonds is 6. The molecule has 0 spiro atoms. The average Bonchev–Trinajstić information content (AvgIpc) is 3.44. The fourth-order valence-corrected chi connectivity index (χ4v) is 3.38. The molecule has 134 valence electrons. The van der Waals surface area contributed by atoms with E-state index in [9.17, 15) is 9.59 Å². The van der Waals surface area contributed by atoms with Crippen molar-refractivity contribution >= 4 is 11.8 Å². The number of likely N-dealkylation sites (tertiary alicyclic amines) is 1. The molecule has 2 aliphatic rings. The second kappa shape index (κ2) is 7.23. The summed E-state index contributed by atoms with van der Waals surface area (Å²) in [6.45, 7) is 1.04. The van der Waals surface area contributed by atoms with Crippen LogP contribution in [0.15, 0.2) is 42.6 Å². The number of benzene rings is 1. The van der Waals surface area contributed by atoms with E-state index in [1.54, 1.807) is 6.20 Å². The number of carbonyl (C=O) groups is 2. The number of carbonyl (C=O) groups excluding carboxylic acids is 2. The summed E-state index contributed by atoms with van der Waals surface area (Å²) in [7, 11) is 0. The molecule has 2 amide bonds. The van der Waals surface area contributed by atoms with Gasteiger partial charge in [-0.2, -0.15) is 0 Å². The minimum Gasteiger partial charge on any atom is -0.355 e. The van der Waals surface area contributed by atoms with Gasteiger partial charge in [0.2, 0.25) is 11.8 Å². The van der Waals surface area contributed by atoms with Crippen LogP contribution in [0.3, 0.4) is 0 Å². The molecule has 1 atom stereocenters. The molecule has 0 radical (unpaired) electrons. The molecule has 2 heterocycles. The normalized spacial score (nSPS) is 19.6. The van der Waals surface area contributed by atoms with Crippen molar-refractivity contribution in [2.75, 3.05) is 13.1 Å². The van der Waals surface area contributed by atoms with E-state index >= 15 is 0 Å². The molecule has 6 heteroatoms. The lowest BCUT2D eigenvalue weighted by atomic mass is 10.1. The summed E-state index contributed by atoms with van der Waals surface area (Å²) in [5.41, 5.74) is 1.92. The highest BCUT2D eigenvalue weighted by Crippen LogP contribution is 2.32. The molecule has 0 unspecified atom stereocenters. The standard InChI is InChI=1S/C20H22N4O2/c25-19-12-15(13-24(19)16-6-7-16)20(26)22-11-9-18-21-10-8-17(23-18)14-4-2-1-3-5-14/h1-5,8,10,15-16H,6-7,9,11-13H2,(H,22,26)/t15-/m0/s1. The van der Waals surface area contributed by atoms with Crippen LogP contribution >= 0.6 is 0 Å². The highest BCUT2D eigenvalue weighted by molar-refractivity contribution is 5.89. The summed E-state index contributed by atoms with van der Waals surface area (Å²) in [6.07, 6.45) is 4.81. The maximum atomic E-state index is 12.3. The Morgan fingerprint density at radius 3 is 2.77 bits per heavy atom. The quantitative estimate of drug-likeness (QED) is 0.862. The van der Waals surface area contributed by atoms with Crippen LogP contribution in [0.1, 0.15) is 25.1 Å². The largest absolute Gasteiger partial charge is 0.355 e. The van der Waals surface area contributed by atoms with E-state index in [-0.39, 0.29) is 17.7 Å². The fourth-order valence-electron chi connectivity index (χ4n) is 3.38. The van der Waals surface area contributed by atoms with Gasteiger partial charge in [0.25, 0.3) is 0 Å². The molecule has 2 fully saturated rings. The van der Waals surface area contributed by atoms with Gasteiger partial charge in [-0.05, 0) is 18.9 Å². The molecule has 1 N–H and O–H groups in total. The average molecular weight is 350 g/mol. The predicted molar refractivity (Wildman–Crippen MR) is 97.0 cm³/mol. The molecule has 6 nitrogen and oxygen atoms in total. The zero-order valence-corrected chi connectivity index (χ0v) is 14.6. The Bertz CT molecular complexity index is 804. The number of hydrogen-bond acceptors (Lipinski definition) is 4. The van der Waals surface area contributed by atoms with Crippen molar-refractivity contribution in [2.24, 2.45) is 5.92 Å². The van der Waals surface area contributed by atoms with Crippen LogP contribution in [0, 0.1) is 5.92 Å². The van der Waals surface area contributed by atoms with E-state index in [2.05, 4.69) is 15.3 Å². The summed E-state index contributed by atoms with van der Waals surface area (Å²) in [5, 5.41) is 2.93. The number of amides is 2. The number of nitrogens with one attached hydrogen (secondary N) is 1. The third-order valence-corrected chi connectivity index (χ3v) is 4.94. The summed E-state index contributed by atoms with van der Waals surface area (Å²) >= 11 is 0. The van der Waals surface area contributed by atoms with E-state index < -0.39 is 0 Å². The minimum absolute atomic E-state index is 0.0410. The Hall–Kier alpha value is -2.76. The third kappa shape index (κ3) is 3.74. The van der Waals surface area contributed by atoms with Gasteiger partial charge in [0, 0.05) is 43.7 Å². The van der Waals surface area contributed by atoms with Crippen molar-refractivity contribution in [3.05, 3.63) is 48.4 Å². The molecular weight excluding hydrogens is 328 g/mol. The van der Waals surface area contributed by atoms with Crippen molar-refractivity contribution in [1.29, 1.82) is 0 Å². The molecule has 4 rings (SSSR count). The van der Waals surface area contributed by atoms with Gasteiger partial charge < -0.3 is 10.2 Å². The van der Waals surface area contributed by atoms with E-state index in [0.717, 1.165) is 24.1 Å². The lowest BCUT2D eigenvalue weighted by Crippen LogP contribution is -2.34. The van der Waals surface area contributed by atoms with Crippen LogP contribution < -0.4 is 5.32 Å². The van der Waals surface area contributed by atoms with Crippen molar-refractivity contribution in [2.45, 2.75) is 31.7 Å². The Kier molecular flexibility index (Phi) is 4.65. The van der Waals surface area contributed by atoms with Crippen LogP contribution in [-0.4, -0.2) is 45.8 Å². The lowest BCUT2D eigenvalue weighted by molar-refractivity contribution is -0.129. The maximum absolute atomic E-state index is 12.3. The van der Waals surface area contributed by atoms with Crippen LogP contribution in [0.4, 0.5) is 0 Å². The molecule has 1 aliphatic carbocycles. The smallest absolute Gasteiger partial charge is 0.225 e. The number of hydrogen-bond donors (Lipinski definition) is 1. The van der Waals surface area contributed by atoms with E-state index in [0.29, 0.717) is 37.8 Å². The van der Waals surface area contributed by atoms with Crippen molar-refractivity contribution in [3.8, 4) is 11.3 Å². The highest BCUT2D eigenvalue weighted by Gasteiger charge is 2.41. The Morgan fingerprint density at radius 1 is 1.19 bits per heavy atom. The Balaban J connectivity index is 1.29. The zero-order valence-electron chi connectivity index (χ0n) is 14.6. The van der Waals surface area contributed by atoms with Crippen LogP contribution in [0.5, 0.6) is 0 Å². The van der Waals surface area contributed by atoms with E-state index in [1.807, 2.05) is 41.3 Å². The van der Waals surface area contributed by atoms with Gasteiger partial charge in [-0.25, -0.2) is 9.97 Å². The summed E-state index contributed by atoms with van der Waals surface area (Å²) in [5.74, 6) is 0.556. The predicted octanol–water partition coefficient (Wildman–Crippen LogP) is 1.81. The summed E-state index contributed by atoms with van der Waals surface area (Å²) < 4.78 is 0.